The number of hydrogen-bond donors (Lipinski definition) is 0. The summed E-state index contributed by atoms with van der Waals surface area (Å²) in [5.74, 6) is 0.146. The van der Waals surface area contributed by atoms with E-state index >= 15 is 0 Å². The molecule has 1 aromatic carbocycles. The van der Waals surface area contributed by atoms with Crippen molar-refractivity contribution >= 4 is 20.1 Å². The summed E-state index contributed by atoms with van der Waals surface area (Å²) in [5, 5.41) is 0. The molecule has 0 unspecified atom stereocenters. The first-order chi connectivity index (χ1) is 14.8. The third-order valence-electron chi connectivity index (χ3n) is 5.39. The van der Waals surface area contributed by atoms with Crippen LogP contribution in [-0.4, -0.2) is 60.3 Å². The van der Waals surface area contributed by atoms with Crippen LogP contribution in [0.3, 0.4) is 0 Å². The van der Waals surface area contributed by atoms with E-state index in [2.05, 4.69) is 4.18 Å². The molecular weight excluding hydrogens is 471 g/mol. The van der Waals surface area contributed by atoms with Gasteiger partial charge in [-0.05, 0) is 68.7 Å². The molecular formula is C20H30F3NO6S2. The third-order valence-corrected chi connectivity index (χ3v) is 7.82. The van der Waals surface area contributed by atoms with E-state index in [4.69, 9.17) is 4.74 Å². The van der Waals surface area contributed by atoms with Gasteiger partial charge < -0.3 is 4.74 Å². The fourth-order valence-corrected chi connectivity index (χ4v) is 5.27. The van der Waals surface area contributed by atoms with Gasteiger partial charge in [0.2, 0.25) is 10.0 Å². The van der Waals surface area contributed by atoms with Crippen LogP contribution in [0.4, 0.5) is 13.2 Å². The number of alkyl halides is 3. The van der Waals surface area contributed by atoms with Crippen molar-refractivity contribution < 1.29 is 38.9 Å². The van der Waals surface area contributed by atoms with E-state index in [-0.39, 0.29) is 23.5 Å². The van der Waals surface area contributed by atoms with Crippen LogP contribution in [0.2, 0.25) is 0 Å². The SMILES string of the molecule is CN(C[C@H]1CC[C@H](OCCCCOS(C)(=O)=O)CC1)S(=O)(=O)c1ccc(C(F)(F)F)cc1. The van der Waals surface area contributed by atoms with Crippen LogP contribution in [-0.2, 0) is 35.2 Å². The second-order valence-electron chi connectivity index (χ2n) is 8.05. The molecule has 0 N–H and O–H groups in total. The fraction of sp³-hybridized carbons (Fsp3) is 0.700. The van der Waals surface area contributed by atoms with Crippen LogP contribution in [0.25, 0.3) is 0 Å². The second-order valence-corrected chi connectivity index (χ2v) is 11.7. The number of hydrogen-bond acceptors (Lipinski definition) is 6. The normalized spacial score (nSPS) is 20.6. The number of sulfonamides is 1. The highest BCUT2D eigenvalue weighted by Gasteiger charge is 2.32. The van der Waals surface area contributed by atoms with E-state index in [0.29, 0.717) is 26.0 Å². The van der Waals surface area contributed by atoms with Crippen LogP contribution in [0.1, 0.15) is 44.1 Å². The van der Waals surface area contributed by atoms with E-state index in [0.717, 1.165) is 56.2 Å². The van der Waals surface area contributed by atoms with E-state index in [1.807, 2.05) is 0 Å². The van der Waals surface area contributed by atoms with Crippen molar-refractivity contribution in [3.05, 3.63) is 29.8 Å². The lowest BCUT2D eigenvalue weighted by molar-refractivity contribution is -0.137. The Balaban J connectivity index is 1.74. The molecule has 1 aliphatic carbocycles. The molecule has 1 saturated carbocycles. The Hall–Kier alpha value is -1.21. The standard InChI is InChI=1S/C20H30F3NO6S2/c1-24(32(27,28)19-11-7-17(8-12-19)20(21,22)23)15-16-5-9-18(10-6-16)29-13-3-4-14-30-31(2,25)26/h7-8,11-12,16,18H,3-6,9-10,13-15H2,1-2H3/t16-,18-. The number of benzene rings is 1. The van der Waals surface area contributed by atoms with Crippen molar-refractivity contribution in [3.8, 4) is 0 Å². The van der Waals surface area contributed by atoms with E-state index in [1.165, 1.54) is 11.4 Å². The van der Waals surface area contributed by atoms with Crippen LogP contribution < -0.4 is 0 Å². The van der Waals surface area contributed by atoms with Crippen LogP contribution in [0.5, 0.6) is 0 Å². The summed E-state index contributed by atoms with van der Waals surface area (Å²) in [6.45, 7) is 0.929. The second kappa shape index (κ2) is 11.3. The Morgan fingerprint density at radius 1 is 0.969 bits per heavy atom. The summed E-state index contributed by atoms with van der Waals surface area (Å²) >= 11 is 0. The van der Waals surface area contributed by atoms with E-state index in [9.17, 15) is 30.0 Å². The van der Waals surface area contributed by atoms with Gasteiger partial charge in [-0.3, -0.25) is 4.18 Å². The predicted molar refractivity (Wildman–Crippen MR) is 113 cm³/mol. The van der Waals surface area contributed by atoms with Crippen molar-refractivity contribution in [1.29, 1.82) is 0 Å². The number of halogens is 3. The first kappa shape index (κ1) is 27.0. The molecule has 1 aromatic rings. The lowest BCUT2D eigenvalue weighted by Gasteiger charge is -2.31. The number of nitrogens with zero attached hydrogens (tertiary/aromatic N) is 1. The maximum atomic E-state index is 12.7. The average Bonchev–Trinajstić information content (AvgIpc) is 2.70. The van der Waals surface area contributed by atoms with Gasteiger partial charge in [-0.15, -0.1) is 0 Å². The minimum Gasteiger partial charge on any atom is -0.378 e. The molecule has 0 bridgehead atoms. The van der Waals surface area contributed by atoms with Crippen molar-refractivity contribution in [3.63, 3.8) is 0 Å². The molecule has 0 amide bonds. The summed E-state index contributed by atoms with van der Waals surface area (Å²) in [5.41, 5.74) is -0.889. The number of unbranched alkanes of at least 4 members (excludes halogenated alkanes) is 1. The Morgan fingerprint density at radius 2 is 1.53 bits per heavy atom. The summed E-state index contributed by atoms with van der Waals surface area (Å²) in [7, 11) is -5.85. The molecule has 7 nitrogen and oxygen atoms in total. The Labute approximate surface area is 188 Å². The largest absolute Gasteiger partial charge is 0.416 e. The highest BCUT2D eigenvalue weighted by molar-refractivity contribution is 7.89. The van der Waals surface area contributed by atoms with Gasteiger partial charge in [-0.2, -0.15) is 21.6 Å². The molecule has 0 heterocycles. The van der Waals surface area contributed by atoms with Crippen molar-refractivity contribution in [2.24, 2.45) is 5.92 Å². The zero-order valence-electron chi connectivity index (χ0n) is 18.2. The van der Waals surface area contributed by atoms with Crippen molar-refractivity contribution in [2.45, 2.75) is 55.7 Å². The molecule has 0 aliphatic heterocycles. The minimum atomic E-state index is -4.52. The molecule has 184 valence electrons. The zero-order valence-corrected chi connectivity index (χ0v) is 19.8. The van der Waals surface area contributed by atoms with Gasteiger partial charge in [-0.1, -0.05) is 0 Å². The Bertz CT molecular complexity index is 925. The molecule has 2 rings (SSSR count). The molecule has 0 atom stereocenters. The summed E-state index contributed by atoms with van der Waals surface area (Å²) < 4.78 is 96.9. The van der Waals surface area contributed by atoms with Gasteiger partial charge in [0.15, 0.2) is 0 Å². The highest BCUT2D eigenvalue weighted by Crippen LogP contribution is 2.31. The van der Waals surface area contributed by atoms with Gasteiger partial charge in [-0.25, -0.2) is 12.7 Å². The minimum absolute atomic E-state index is 0.0823. The van der Waals surface area contributed by atoms with Crippen molar-refractivity contribution in [2.75, 3.05) is 33.1 Å². The van der Waals surface area contributed by atoms with E-state index in [1.54, 1.807) is 0 Å². The molecule has 1 fully saturated rings. The Kier molecular flexibility index (Phi) is 9.53. The van der Waals surface area contributed by atoms with Gasteiger partial charge in [0, 0.05) is 20.2 Å². The lowest BCUT2D eigenvalue weighted by atomic mass is 9.87. The third kappa shape index (κ3) is 8.62. The Morgan fingerprint density at radius 3 is 2.06 bits per heavy atom. The number of ether oxygens (including phenoxy) is 1. The average molecular weight is 502 g/mol. The fourth-order valence-electron chi connectivity index (χ4n) is 3.60. The summed E-state index contributed by atoms with van der Waals surface area (Å²) in [6.07, 6.45) is 0.991. The maximum Gasteiger partial charge on any atom is 0.416 e. The first-order valence-corrected chi connectivity index (χ1v) is 13.6. The molecule has 0 spiro atoms. The van der Waals surface area contributed by atoms with Gasteiger partial charge in [0.05, 0.1) is 29.4 Å². The van der Waals surface area contributed by atoms with Gasteiger partial charge >= 0.3 is 6.18 Å². The monoisotopic (exact) mass is 501 g/mol. The summed E-state index contributed by atoms with van der Waals surface area (Å²) in [4.78, 5) is -0.162. The zero-order chi connectivity index (χ0) is 24.0. The smallest absolute Gasteiger partial charge is 0.378 e. The first-order valence-electron chi connectivity index (χ1n) is 10.4. The van der Waals surface area contributed by atoms with Crippen LogP contribution >= 0.6 is 0 Å². The van der Waals surface area contributed by atoms with Crippen molar-refractivity contribution in [1.82, 2.24) is 4.31 Å². The molecule has 0 saturated heterocycles. The molecule has 32 heavy (non-hydrogen) atoms. The highest BCUT2D eigenvalue weighted by atomic mass is 32.2. The van der Waals surface area contributed by atoms with Gasteiger partial charge in [0.25, 0.3) is 10.1 Å². The van der Waals surface area contributed by atoms with Crippen LogP contribution in [0, 0.1) is 5.92 Å². The molecule has 1 aliphatic rings. The van der Waals surface area contributed by atoms with Gasteiger partial charge in [0.1, 0.15) is 0 Å². The topological polar surface area (TPSA) is 90.0 Å². The lowest BCUT2D eigenvalue weighted by Crippen LogP contribution is -2.34. The molecule has 0 aromatic heterocycles. The maximum absolute atomic E-state index is 12.7. The number of rotatable bonds is 11. The molecule has 12 heteroatoms. The summed E-state index contributed by atoms with van der Waals surface area (Å²) in [6, 6.07) is 3.52. The van der Waals surface area contributed by atoms with Crippen LogP contribution in [0.15, 0.2) is 29.2 Å². The van der Waals surface area contributed by atoms with E-state index < -0.39 is 31.9 Å². The predicted octanol–water partition coefficient (Wildman–Crippen LogP) is 3.66. The quantitative estimate of drug-likeness (QED) is 0.340. The molecule has 0 radical (unpaired) electrons.